The van der Waals surface area contributed by atoms with Crippen LogP contribution in [0.1, 0.15) is 40.5 Å². The van der Waals surface area contributed by atoms with Crippen molar-refractivity contribution in [3.8, 4) is 0 Å². The maximum atomic E-state index is 12.3. The SMILES string of the molecule is CC[C@H](CNC(=O)c1ccc(C)nc1)N1CCc2ccccc2C1. The van der Waals surface area contributed by atoms with Gasteiger partial charge >= 0.3 is 0 Å². The number of aromatic nitrogens is 1. The number of aryl methyl sites for hydroxylation is 1. The number of fused-ring (bicyclic) bond motifs is 1. The van der Waals surface area contributed by atoms with Gasteiger partial charge in [0.2, 0.25) is 0 Å². The van der Waals surface area contributed by atoms with Crippen LogP contribution in [0.5, 0.6) is 0 Å². The van der Waals surface area contributed by atoms with Crippen molar-refractivity contribution in [3.05, 3.63) is 65.0 Å². The molecule has 0 radical (unpaired) electrons. The number of nitrogens with one attached hydrogen (secondary N) is 1. The minimum atomic E-state index is -0.0432. The van der Waals surface area contributed by atoms with Crippen LogP contribution in [0.25, 0.3) is 0 Å². The number of rotatable bonds is 5. The Hall–Kier alpha value is -2.20. The van der Waals surface area contributed by atoms with Crippen molar-refractivity contribution in [2.75, 3.05) is 13.1 Å². The van der Waals surface area contributed by atoms with Crippen LogP contribution in [-0.2, 0) is 13.0 Å². The third kappa shape index (κ3) is 3.82. The molecule has 0 bridgehead atoms. The molecule has 1 amide bonds. The number of benzene rings is 1. The lowest BCUT2D eigenvalue weighted by Crippen LogP contribution is -2.45. The lowest BCUT2D eigenvalue weighted by Gasteiger charge is -2.35. The van der Waals surface area contributed by atoms with Gasteiger partial charge in [-0.15, -0.1) is 0 Å². The van der Waals surface area contributed by atoms with Gasteiger partial charge in [-0.1, -0.05) is 31.2 Å². The quantitative estimate of drug-likeness (QED) is 0.920. The Balaban J connectivity index is 1.59. The first kappa shape index (κ1) is 16.7. The van der Waals surface area contributed by atoms with Gasteiger partial charge in [0.1, 0.15) is 0 Å². The number of hydrogen-bond acceptors (Lipinski definition) is 3. The zero-order valence-corrected chi connectivity index (χ0v) is 14.5. The maximum Gasteiger partial charge on any atom is 0.252 e. The van der Waals surface area contributed by atoms with Crippen molar-refractivity contribution < 1.29 is 4.79 Å². The molecule has 4 nitrogen and oxygen atoms in total. The number of nitrogens with zero attached hydrogens (tertiary/aromatic N) is 2. The highest BCUT2D eigenvalue weighted by molar-refractivity contribution is 5.93. The largest absolute Gasteiger partial charge is 0.350 e. The van der Waals surface area contributed by atoms with E-state index >= 15 is 0 Å². The van der Waals surface area contributed by atoms with Gasteiger partial charge in [0, 0.05) is 37.6 Å². The Kier molecular flexibility index (Phi) is 5.26. The zero-order chi connectivity index (χ0) is 16.9. The van der Waals surface area contributed by atoms with Crippen LogP contribution >= 0.6 is 0 Å². The molecular formula is C20H25N3O. The third-order valence-electron chi connectivity index (χ3n) is 4.82. The van der Waals surface area contributed by atoms with Gasteiger partial charge in [0.05, 0.1) is 5.56 Å². The molecule has 1 aromatic heterocycles. The monoisotopic (exact) mass is 323 g/mol. The van der Waals surface area contributed by atoms with Crippen molar-refractivity contribution in [1.82, 2.24) is 15.2 Å². The summed E-state index contributed by atoms with van der Waals surface area (Å²) in [6.45, 7) is 6.80. The molecule has 2 heterocycles. The van der Waals surface area contributed by atoms with E-state index in [1.807, 2.05) is 19.1 Å². The molecule has 1 aliphatic rings. The highest BCUT2D eigenvalue weighted by atomic mass is 16.1. The van der Waals surface area contributed by atoms with Crippen molar-refractivity contribution in [2.45, 2.75) is 39.3 Å². The number of carbonyl (C=O) groups is 1. The van der Waals surface area contributed by atoms with Crippen molar-refractivity contribution in [1.29, 1.82) is 0 Å². The van der Waals surface area contributed by atoms with Crippen molar-refractivity contribution in [3.63, 3.8) is 0 Å². The first-order valence-electron chi connectivity index (χ1n) is 8.69. The van der Waals surface area contributed by atoms with E-state index in [1.165, 1.54) is 11.1 Å². The fourth-order valence-corrected chi connectivity index (χ4v) is 3.28. The molecule has 1 aliphatic heterocycles. The second-order valence-electron chi connectivity index (χ2n) is 6.45. The van der Waals surface area contributed by atoms with Gasteiger partial charge in [-0.05, 0) is 43.0 Å². The second kappa shape index (κ2) is 7.58. The van der Waals surface area contributed by atoms with Gasteiger partial charge in [0.15, 0.2) is 0 Å². The summed E-state index contributed by atoms with van der Waals surface area (Å²) in [6.07, 6.45) is 3.75. The third-order valence-corrected chi connectivity index (χ3v) is 4.82. The van der Waals surface area contributed by atoms with Crippen molar-refractivity contribution >= 4 is 5.91 Å². The van der Waals surface area contributed by atoms with Crippen LogP contribution < -0.4 is 5.32 Å². The molecule has 3 rings (SSSR count). The molecule has 126 valence electrons. The van der Waals surface area contributed by atoms with Crippen LogP contribution in [0.2, 0.25) is 0 Å². The van der Waals surface area contributed by atoms with Crippen LogP contribution in [0, 0.1) is 6.92 Å². The molecule has 1 N–H and O–H groups in total. The molecule has 0 saturated carbocycles. The fraction of sp³-hybridized carbons (Fsp3) is 0.400. The smallest absolute Gasteiger partial charge is 0.252 e. The molecule has 1 aromatic carbocycles. The first-order chi connectivity index (χ1) is 11.7. The molecule has 0 unspecified atom stereocenters. The number of amides is 1. The molecule has 0 aliphatic carbocycles. The van der Waals surface area contributed by atoms with Gasteiger partial charge in [-0.2, -0.15) is 0 Å². The summed E-state index contributed by atoms with van der Waals surface area (Å²) in [7, 11) is 0. The number of pyridine rings is 1. The summed E-state index contributed by atoms with van der Waals surface area (Å²) >= 11 is 0. The maximum absolute atomic E-state index is 12.3. The Labute approximate surface area is 143 Å². The molecule has 0 spiro atoms. The number of carbonyl (C=O) groups excluding carboxylic acids is 1. The van der Waals surface area contributed by atoms with E-state index in [2.05, 4.69) is 46.4 Å². The summed E-state index contributed by atoms with van der Waals surface area (Å²) in [5.74, 6) is -0.0432. The summed E-state index contributed by atoms with van der Waals surface area (Å²) in [6, 6.07) is 12.7. The minimum absolute atomic E-state index is 0.0432. The number of hydrogen-bond donors (Lipinski definition) is 1. The van der Waals surface area contributed by atoms with E-state index in [0.717, 1.165) is 31.6 Å². The van der Waals surface area contributed by atoms with Crippen LogP contribution in [0.15, 0.2) is 42.6 Å². The van der Waals surface area contributed by atoms with Gasteiger partial charge in [-0.3, -0.25) is 14.7 Å². The summed E-state index contributed by atoms with van der Waals surface area (Å²) in [5.41, 5.74) is 4.42. The molecule has 4 heteroatoms. The molecular weight excluding hydrogens is 298 g/mol. The Bertz CT molecular complexity index is 696. The molecule has 0 saturated heterocycles. The van der Waals surface area contributed by atoms with E-state index < -0.39 is 0 Å². The van der Waals surface area contributed by atoms with E-state index in [0.29, 0.717) is 18.2 Å². The van der Waals surface area contributed by atoms with E-state index in [-0.39, 0.29) is 5.91 Å². The molecule has 0 fully saturated rings. The predicted octanol–water partition coefficient (Wildman–Crippen LogP) is 2.96. The second-order valence-corrected chi connectivity index (χ2v) is 6.45. The van der Waals surface area contributed by atoms with Gasteiger partial charge < -0.3 is 5.32 Å². The lowest BCUT2D eigenvalue weighted by molar-refractivity contribution is 0.0926. The van der Waals surface area contributed by atoms with Gasteiger partial charge in [-0.25, -0.2) is 0 Å². The molecule has 24 heavy (non-hydrogen) atoms. The lowest BCUT2D eigenvalue weighted by atomic mass is 9.98. The van der Waals surface area contributed by atoms with E-state index in [4.69, 9.17) is 0 Å². The van der Waals surface area contributed by atoms with E-state index in [9.17, 15) is 4.79 Å². The zero-order valence-electron chi connectivity index (χ0n) is 14.5. The highest BCUT2D eigenvalue weighted by Crippen LogP contribution is 2.21. The molecule has 2 aromatic rings. The minimum Gasteiger partial charge on any atom is -0.350 e. The Morgan fingerprint density at radius 2 is 2.04 bits per heavy atom. The van der Waals surface area contributed by atoms with Crippen LogP contribution in [-0.4, -0.2) is 34.9 Å². The van der Waals surface area contributed by atoms with E-state index in [1.54, 1.807) is 6.20 Å². The van der Waals surface area contributed by atoms with Crippen molar-refractivity contribution in [2.24, 2.45) is 0 Å². The summed E-state index contributed by atoms with van der Waals surface area (Å²) < 4.78 is 0. The summed E-state index contributed by atoms with van der Waals surface area (Å²) in [5, 5.41) is 3.07. The molecule has 1 atom stereocenters. The Morgan fingerprint density at radius 3 is 2.75 bits per heavy atom. The van der Waals surface area contributed by atoms with Crippen LogP contribution in [0.3, 0.4) is 0 Å². The first-order valence-corrected chi connectivity index (χ1v) is 8.69. The normalized spacial score (nSPS) is 15.6. The standard InChI is InChI=1S/C20H25N3O/c1-3-19(13-22-20(24)17-9-8-15(2)21-12-17)23-11-10-16-6-4-5-7-18(16)14-23/h4-9,12,19H,3,10-11,13-14H2,1-2H3,(H,22,24)/t19-/m1/s1. The average Bonchev–Trinajstić information content (AvgIpc) is 2.62. The van der Waals surface area contributed by atoms with Crippen LogP contribution in [0.4, 0.5) is 0 Å². The Morgan fingerprint density at radius 1 is 1.25 bits per heavy atom. The fourth-order valence-electron chi connectivity index (χ4n) is 3.28. The predicted molar refractivity (Wildman–Crippen MR) is 95.9 cm³/mol. The summed E-state index contributed by atoms with van der Waals surface area (Å²) in [4.78, 5) is 19.0. The van der Waals surface area contributed by atoms with Gasteiger partial charge in [0.25, 0.3) is 5.91 Å². The topological polar surface area (TPSA) is 45.2 Å². The average molecular weight is 323 g/mol. The highest BCUT2D eigenvalue weighted by Gasteiger charge is 2.22.